The second-order valence-corrected chi connectivity index (χ2v) is 7.12. The van der Waals surface area contributed by atoms with Gasteiger partial charge in [-0.2, -0.15) is 25.8 Å². The number of rotatable bonds is 5. The molecule has 0 amide bonds. The molecule has 1 fully saturated rings. The molecule has 0 atom stereocenters. The normalized spacial score (nSPS) is 20.0. The van der Waals surface area contributed by atoms with Crippen molar-refractivity contribution in [2.75, 3.05) is 12.4 Å². The number of nitrogens with zero attached hydrogens (tertiary/aromatic N) is 1. The number of halogens is 3. The van der Waals surface area contributed by atoms with Gasteiger partial charge in [-0.05, 0) is 44.8 Å². The van der Waals surface area contributed by atoms with Gasteiger partial charge in [0.05, 0.1) is 11.2 Å². The van der Waals surface area contributed by atoms with Gasteiger partial charge in [-0.15, -0.1) is 0 Å². The highest BCUT2D eigenvalue weighted by Gasteiger charge is 2.52. The molecule has 0 aromatic carbocycles. The molecule has 1 aliphatic heterocycles. The molecular weight excluding hydrogens is 354 g/mol. The third-order valence-electron chi connectivity index (χ3n) is 4.23. The Hall–Kier alpha value is -1.19. The van der Waals surface area contributed by atoms with Crippen molar-refractivity contribution in [3.8, 4) is 5.88 Å². The summed E-state index contributed by atoms with van der Waals surface area (Å²) in [6.07, 6.45) is -1.16. The van der Waals surface area contributed by atoms with E-state index in [9.17, 15) is 13.2 Å². The molecule has 9 heteroatoms. The molecular formula is C16H21BF3NO3S. The van der Waals surface area contributed by atoms with E-state index in [1.54, 1.807) is 12.1 Å². The highest BCUT2D eigenvalue weighted by Crippen LogP contribution is 2.39. The molecule has 0 unspecified atom stereocenters. The quantitative estimate of drug-likeness (QED) is 0.625. The Morgan fingerprint density at radius 3 is 2.28 bits per heavy atom. The third kappa shape index (κ3) is 5.15. The van der Waals surface area contributed by atoms with Crippen molar-refractivity contribution in [2.24, 2.45) is 0 Å². The SMILES string of the molecule is CC1(C)OB(C(=Cc2ccc(OCC(F)(F)F)nc2)CS)OC1(C)C. The third-order valence-corrected chi connectivity index (χ3v) is 4.60. The Balaban J connectivity index is 2.10. The van der Waals surface area contributed by atoms with E-state index in [0.29, 0.717) is 11.3 Å². The van der Waals surface area contributed by atoms with E-state index >= 15 is 0 Å². The summed E-state index contributed by atoms with van der Waals surface area (Å²) in [4.78, 5) is 3.88. The number of hydrogen-bond acceptors (Lipinski definition) is 5. The molecule has 25 heavy (non-hydrogen) atoms. The molecule has 138 valence electrons. The van der Waals surface area contributed by atoms with E-state index < -0.39 is 31.1 Å². The molecule has 2 rings (SSSR count). The molecule has 1 saturated heterocycles. The lowest BCUT2D eigenvalue weighted by Crippen LogP contribution is -2.41. The molecule has 1 aromatic heterocycles. The number of aromatic nitrogens is 1. The van der Waals surface area contributed by atoms with Crippen LogP contribution in [0.1, 0.15) is 33.3 Å². The van der Waals surface area contributed by atoms with Gasteiger partial charge in [0, 0.05) is 18.0 Å². The first-order valence-corrected chi connectivity index (χ1v) is 8.39. The number of pyridine rings is 1. The number of ether oxygens (including phenoxy) is 1. The second-order valence-electron chi connectivity index (χ2n) is 6.80. The monoisotopic (exact) mass is 375 g/mol. The molecule has 4 nitrogen and oxygen atoms in total. The zero-order valence-corrected chi connectivity index (χ0v) is 15.4. The van der Waals surface area contributed by atoms with E-state index in [2.05, 4.69) is 22.3 Å². The maximum atomic E-state index is 12.1. The molecule has 0 bridgehead atoms. The van der Waals surface area contributed by atoms with Gasteiger partial charge in [-0.1, -0.05) is 6.08 Å². The lowest BCUT2D eigenvalue weighted by molar-refractivity contribution is -0.154. The Morgan fingerprint density at radius 2 is 1.84 bits per heavy atom. The topological polar surface area (TPSA) is 40.6 Å². The van der Waals surface area contributed by atoms with E-state index in [-0.39, 0.29) is 5.88 Å². The van der Waals surface area contributed by atoms with E-state index in [1.807, 2.05) is 27.7 Å². The Morgan fingerprint density at radius 1 is 1.24 bits per heavy atom. The minimum absolute atomic E-state index is 0.0856. The van der Waals surface area contributed by atoms with Crippen LogP contribution in [0.2, 0.25) is 0 Å². The predicted octanol–water partition coefficient (Wildman–Crippen LogP) is 3.97. The molecule has 1 aliphatic rings. The van der Waals surface area contributed by atoms with E-state index in [0.717, 1.165) is 5.47 Å². The highest BCUT2D eigenvalue weighted by atomic mass is 32.1. The van der Waals surface area contributed by atoms with Crippen molar-refractivity contribution in [1.29, 1.82) is 0 Å². The fourth-order valence-electron chi connectivity index (χ4n) is 2.12. The highest BCUT2D eigenvalue weighted by molar-refractivity contribution is 7.80. The molecule has 1 aromatic rings. The van der Waals surface area contributed by atoms with Crippen LogP contribution >= 0.6 is 12.6 Å². The maximum absolute atomic E-state index is 12.1. The van der Waals surface area contributed by atoms with Crippen molar-refractivity contribution >= 4 is 25.8 Å². The van der Waals surface area contributed by atoms with Crippen LogP contribution < -0.4 is 4.74 Å². The first-order chi connectivity index (χ1) is 11.4. The first kappa shape index (κ1) is 20.1. The minimum Gasteiger partial charge on any atom is -0.468 e. The van der Waals surface area contributed by atoms with Crippen LogP contribution in [0.15, 0.2) is 23.8 Å². The molecule has 0 radical (unpaired) electrons. The number of thiol groups is 1. The number of alkyl halides is 3. The van der Waals surface area contributed by atoms with Crippen molar-refractivity contribution < 1.29 is 27.2 Å². The fraction of sp³-hybridized carbons (Fsp3) is 0.562. The van der Waals surface area contributed by atoms with Crippen molar-refractivity contribution in [1.82, 2.24) is 4.98 Å². The number of hydrogen-bond donors (Lipinski definition) is 1. The van der Waals surface area contributed by atoms with E-state index in [1.165, 1.54) is 12.3 Å². The van der Waals surface area contributed by atoms with Crippen molar-refractivity contribution in [2.45, 2.75) is 45.1 Å². The molecule has 0 aliphatic carbocycles. The van der Waals surface area contributed by atoms with Gasteiger partial charge in [0.2, 0.25) is 5.88 Å². The summed E-state index contributed by atoms with van der Waals surface area (Å²) in [6, 6.07) is 3.01. The first-order valence-electron chi connectivity index (χ1n) is 7.76. The summed E-state index contributed by atoms with van der Waals surface area (Å²) in [6.45, 7) is 6.45. The lowest BCUT2D eigenvalue weighted by atomic mass is 9.78. The summed E-state index contributed by atoms with van der Waals surface area (Å²) >= 11 is 4.32. The van der Waals surface area contributed by atoms with Gasteiger partial charge in [0.1, 0.15) is 0 Å². The molecule has 0 saturated carbocycles. The molecule has 0 N–H and O–H groups in total. The minimum atomic E-state index is -4.39. The van der Waals surface area contributed by atoms with Crippen LogP contribution in [0.5, 0.6) is 5.88 Å². The Labute approximate surface area is 151 Å². The Kier molecular flexibility index (Phi) is 5.80. The van der Waals surface area contributed by atoms with Gasteiger partial charge in [-0.25, -0.2) is 4.98 Å². The second kappa shape index (κ2) is 7.21. The van der Waals surface area contributed by atoms with Crippen LogP contribution in [0, 0.1) is 0 Å². The van der Waals surface area contributed by atoms with Gasteiger partial charge in [-0.3, -0.25) is 0 Å². The zero-order chi connectivity index (χ0) is 18.9. The average Bonchev–Trinajstić information content (AvgIpc) is 2.71. The molecule has 2 heterocycles. The average molecular weight is 375 g/mol. The van der Waals surface area contributed by atoms with Crippen LogP contribution in [0.3, 0.4) is 0 Å². The largest absolute Gasteiger partial charge is 0.491 e. The van der Waals surface area contributed by atoms with Gasteiger partial charge in [0.15, 0.2) is 6.61 Å². The van der Waals surface area contributed by atoms with E-state index in [4.69, 9.17) is 9.31 Å². The standard InChI is InChI=1S/C16H21BF3NO3S/c1-14(2)15(3,4)24-17(23-14)12(9-25)7-11-5-6-13(21-8-11)22-10-16(18,19)20/h5-8,25H,9-10H2,1-4H3. The summed E-state index contributed by atoms with van der Waals surface area (Å²) < 4.78 is 53.0. The predicted molar refractivity (Wildman–Crippen MR) is 93.7 cm³/mol. The van der Waals surface area contributed by atoms with Crippen LogP contribution in [-0.2, 0) is 9.31 Å². The van der Waals surface area contributed by atoms with Crippen LogP contribution in [-0.4, -0.2) is 41.8 Å². The molecule has 0 spiro atoms. The summed E-state index contributed by atoms with van der Waals surface area (Å²) in [7, 11) is -0.538. The Bertz CT molecular complexity index is 617. The fourth-order valence-corrected chi connectivity index (χ4v) is 2.36. The lowest BCUT2D eigenvalue weighted by Gasteiger charge is -2.32. The zero-order valence-electron chi connectivity index (χ0n) is 14.6. The smallest absolute Gasteiger partial charge is 0.468 e. The van der Waals surface area contributed by atoms with Crippen molar-refractivity contribution in [3.63, 3.8) is 0 Å². The van der Waals surface area contributed by atoms with Crippen LogP contribution in [0.4, 0.5) is 13.2 Å². The van der Waals surface area contributed by atoms with Gasteiger partial charge >= 0.3 is 13.3 Å². The maximum Gasteiger partial charge on any atom is 0.491 e. The summed E-state index contributed by atoms with van der Waals surface area (Å²) in [5.74, 6) is 0.320. The van der Waals surface area contributed by atoms with Crippen LogP contribution in [0.25, 0.3) is 6.08 Å². The summed E-state index contributed by atoms with van der Waals surface area (Å²) in [5, 5.41) is 0. The van der Waals surface area contributed by atoms with Crippen molar-refractivity contribution in [3.05, 3.63) is 29.4 Å². The van der Waals surface area contributed by atoms with Gasteiger partial charge in [0.25, 0.3) is 0 Å². The summed E-state index contributed by atoms with van der Waals surface area (Å²) in [5.41, 5.74) is 0.561. The van der Waals surface area contributed by atoms with Gasteiger partial charge < -0.3 is 14.0 Å².